The summed E-state index contributed by atoms with van der Waals surface area (Å²) in [6, 6.07) is 4.39. The third kappa shape index (κ3) is 7.84. The molecule has 0 aliphatic carbocycles. The number of benzene rings is 1. The molecule has 0 radical (unpaired) electrons. The molecule has 1 saturated heterocycles. The summed E-state index contributed by atoms with van der Waals surface area (Å²) in [5.74, 6) is -0.683. The van der Waals surface area contributed by atoms with Gasteiger partial charge in [-0.15, -0.1) is 0 Å². The van der Waals surface area contributed by atoms with Crippen molar-refractivity contribution in [3.8, 4) is 5.75 Å². The van der Waals surface area contributed by atoms with Gasteiger partial charge in [-0.25, -0.2) is 0 Å². The van der Waals surface area contributed by atoms with E-state index < -0.39 is 11.9 Å². The van der Waals surface area contributed by atoms with Crippen LogP contribution < -0.4 is 10.1 Å². The van der Waals surface area contributed by atoms with Crippen LogP contribution in [0.4, 0.5) is 0 Å². The molecule has 2 aliphatic rings. The van der Waals surface area contributed by atoms with Gasteiger partial charge in [0.2, 0.25) is 11.8 Å². The Morgan fingerprint density at radius 2 is 1.74 bits per heavy atom. The SMILES string of the molecule is CCCOCCOCCOCCCC(=O)COc1cccc2c1CN(C1CCC(=O)NC1=O)C2=O. The van der Waals surface area contributed by atoms with Crippen LogP contribution in [0.3, 0.4) is 0 Å². The Balaban J connectivity index is 1.35. The van der Waals surface area contributed by atoms with Crippen molar-refractivity contribution in [1.82, 2.24) is 10.2 Å². The van der Waals surface area contributed by atoms with E-state index in [2.05, 4.69) is 12.2 Å². The molecule has 0 bridgehead atoms. The number of carbonyl (C=O) groups excluding carboxylic acids is 4. The van der Waals surface area contributed by atoms with Crippen LogP contribution in [0.25, 0.3) is 0 Å². The van der Waals surface area contributed by atoms with Crippen LogP contribution in [0, 0.1) is 0 Å². The highest BCUT2D eigenvalue weighted by Crippen LogP contribution is 2.33. The van der Waals surface area contributed by atoms with Crippen molar-refractivity contribution in [2.24, 2.45) is 0 Å². The fraction of sp³-hybridized carbons (Fsp3) is 0.600. The molecule has 3 amide bonds. The molecule has 0 aromatic heterocycles. The summed E-state index contributed by atoms with van der Waals surface area (Å²) in [6.07, 6.45) is 2.38. The standard InChI is InChI=1S/C25H34N2O8/c1-2-10-32-12-14-34-15-13-33-11-4-5-18(28)17-35-22-7-3-6-19-20(22)16-27(25(19)31)21-8-9-23(29)26-24(21)30/h3,6-7,21H,2,4-5,8-17H2,1H3,(H,26,29,30). The van der Waals surface area contributed by atoms with Crippen molar-refractivity contribution in [3.63, 3.8) is 0 Å². The van der Waals surface area contributed by atoms with Gasteiger partial charge in [0, 0.05) is 37.2 Å². The summed E-state index contributed by atoms with van der Waals surface area (Å²) in [5, 5.41) is 2.29. The molecule has 1 N–H and O–H groups in total. The predicted octanol–water partition coefficient (Wildman–Crippen LogP) is 1.64. The maximum absolute atomic E-state index is 12.9. The lowest BCUT2D eigenvalue weighted by atomic mass is 10.0. The van der Waals surface area contributed by atoms with E-state index in [1.165, 1.54) is 4.90 Å². The fourth-order valence-corrected chi connectivity index (χ4v) is 3.98. The predicted molar refractivity (Wildman–Crippen MR) is 125 cm³/mol. The molecule has 2 heterocycles. The molecule has 10 nitrogen and oxygen atoms in total. The molecule has 1 aromatic rings. The second-order valence-electron chi connectivity index (χ2n) is 8.45. The minimum absolute atomic E-state index is 0.0677. The lowest BCUT2D eigenvalue weighted by Gasteiger charge is -2.29. The molecular formula is C25H34N2O8. The van der Waals surface area contributed by atoms with Crippen LogP contribution in [0.5, 0.6) is 5.75 Å². The van der Waals surface area contributed by atoms with Crippen molar-refractivity contribution >= 4 is 23.5 Å². The first-order valence-electron chi connectivity index (χ1n) is 12.2. The van der Waals surface area contributed by atoms with Gasteiger partial charge in [-0.2, -0.15) is 0 Å². The number of hydrogen-bond donors (Lipinski definition) is 1. The molecule has 192 valence electrons. The number of nitrogens with zero attached hydrogens (tertiary/aromatic N) is 1. The number of piperidine rings is 1. The minimum Gasteiger partial charge on any atom is -0.485 e. The highest BCUT2D eigenvalue weighted by Gasteiger charge is 2.40. The van der Waals surface area contributed by atoms with Crippen molar-refractivity contribution in [2.45, 2.75) is 51.6 Å². The molecular weight excluding hydrogens is 456 g/mol. The van der Waals surface area contributed by atoms with E-state index >= 15 is 0 Å². The van der Waals surface area contributed by atoms with Gasteiger partial charge in [-0.1, -0.05) is 13.0 Å². The van der Waals surface area contributed by atoms with Crippen molar-refractivity contribution in [3.05, 3.63) is 29.3 Å². The summed E-state index contributed by atoms with van der Waals surface area (Å²) in [5.41, 5.74) is 1.10. The Kier molecular flexibility index (Phi) is 10.6. The van der Waals surface area contributed by atoms with Gasteiger partial charge in [0.1, 0.15) is 18.4 Å². The van der Waals surface area contributed by atoms with Crippen molar-refractivity contribution in [1.29, 1.82) is 0 Å². The molecule has 1 aromatic carbocycles. The average molecular weight is 491 g/mol. The lowest BCUT2D eigenvalue weighted by Crippen LogP contribution is -2.52. The van der Waals surface area contributed by atoms with E-state index in [9.17, 15) is 19.2 Å². The Morgan fingerprint density at radius 3 is 2.46 bits per heavy atom. The molecule has 0 saturated carbocycles. The molecule has 2 aliphatic heterocycles. The van der Waals surface area contributed by atoms with Crippen LogP contribution in [0.15, 0.2) is 18.2 Å². The quantitative estimate of drug-likeness (QED) is 0.274. The second kappa shape index (κ2) is 13.9. The van der Waals surface area contributed by atoms with Crippen LogP contribution >= 0.6 is 0 Å². The Morgan fingerprint density at radius 1 is 1.03 bits per heavy atom. The van der Waals surface area contributed by atoms with Crippen LogP contribution in [-0.2, 0) is 35.1 Å². The molecule has 1 fully saturated rings. The van der Waals surface area contributed by atoms with Crippen LogP contribution in [-0.4, -0.2) is 80.7 Å². The lowest BCUT2D eigenvalue weighted by molar-refractivity contribution is -0.137. The number of ketones is 1. The van der Waals surface area contributed by atoms with E-state index in [1.807, 2.05) is 0 Å². The minimum atomic E-state index is -0.693. The smallest absolute Gasteiger partial charge is 0.255 e. The summed E-state index contributed by atoms with van der Waals surface area (Å²) < 4.78 is 21.9. The number of carbonyl (C=O) groups is 4. The molecule has 0 spiro atoms. The maximum atomic E-state index is 12.9. The van der Waals surface area contributed by atoms with Crippen molar-refractivity contribution in [2.75, 3.05) is 46.2 Å². The van der Waals surface area contributed by atoms with E-state index in [0.29, 0.717) is 69.2 Å². The summed E-state index contributed by atoms with van der Waals surface area (Å²) in [4.78, 5) is 50.2. The Hall–Kier alpha value is -2.82. The van der Waals surface area contributed by atoms with E-state index in [1.54, 1.807) is 18.2 Å². The van der Waals surface area contributed by atoms with Crippen molar-refractivity contribution < 1.29 is 38.1 Å². The molecule has 35 heavy (non-hydrogen) atoms. The largest absolute Gasteiger partial charge is 0.485 e. The Labute approximate surface area is 205 Å². The number of ether oxygens (including phenoxy) is 4. The zero-order valence-corrected chi connectivity index (χ0v) is 20.2. The van der Waals surface area contributed by atoms with Gasteiger partial charge in [0.05, 0.1) is 33.0 Å². The first-order chi connectivity index (χ1) is 17.0. The number of hydrogen-bond acceptors (Lipinski definition) is 8. The number of rotatable bonds is 16. The van der Waals surface area contributed by atoms with Gasteiger partial charge in [-0.3, -0.25) is 24.5 Å². The second-order valence-corrected chi connectivity index (χ2v) is 8.45. The van der Waals surface area contributed by atoms with Gasteiger partial charge in [0.25, 0.3) is 5.91 Å². The third-order valence-electron chi connectivity index (χ3n) is 5.76. The summed E-state index contributed by atoms with van der Waals surface area (Å²) in [7, 11) is 0. The van der Waals surface area contributed by atoms with Crippen LogP contribution in [0.1, 0.15) is 54.9 Å². The van der Waals surface area contributed by atoms with E-state index in [4.69, 9.17) is 18.9 Å². The number of fused-ring (bicyclic) bond motifs is 1. The number of nitrogens with one attached hydrogen (secondary N) is 1. The highest BCUT2D eigenvalue weighted by molar-refractivity contribution is 6.05. The number of amides is 3. The molecule has 1 unspecified atom stereocenters. The highest BCUT2D eigenvalue weighted by atomic mass is 16.5. The summed E-state index contributed by atoms with van der Waals surface area (Å²) >= 11 is 0. The van der Waals surface area contributed by atoms with Gasteiger partial charge in [0.15, 0.2) is 5.78 Å². The summed E-state index contributed by atoms with van der Waals surface area (Å²) in [6.45, 7) is 5.42. The van der Waals surface area contributed by atoms with Gasteiger partial charge < -0.3 is 23.8 Å². The molecule has 1 atom stereocenters. The zero-order chi connectivity index (χ0) is 25.0. The molecule has 3 rings (SSSR count). The Bertz CT molecular complexity index is 903. The number of Topliss-reactive ketones (excluding diaryl/α,β-unsaturated/α-hetero) is 1. The first-order valence-corrected chi connectivity index (χ1v) is 12.2. The first kappa shape index (κ1) is 26.8. The monoisotopic (exact) mass is 490 g/mol. The maximum Gasteiger partial charge on any atom is 0.255 e. The van der Waals surface area contributed by atoms with Gasteiger partial charge >= 0.3 is 0 Å². The van der Waals surface area contributed by atoms with E-state index in [-0.39, 0.29) is 37.2 Å². The average Bonchev–Trinajstić information content (AvgIpc) is 3.18. The third-order valence-corrected chi connectivity index (χ3v) is 5.76. The normalized spacial score (nSPS) is 17.5. The van der Waals surface area contributed by atoms with E-state index in [0.717, 1.165) is 13.0 Å². The fourth-order valence-electron chi connectivity index (χ4n) is 3.98. The topological polar surface area (TPSA) is 120 Å². The molecule has 10 heteroatoms. The van der Waals surface area contributed by atoms with Crippen LogP contribution in [0.2, 0.25) is 0 Å². The zero-order valence-electron chi connectivity index (χ0n) is 20.2. The number of imide groups is 1. The van der Waals surface area contributed by atoms with Gasteiger partial charge in [-0.05, 0) is 31.4 Å².